The zero-order valence-corrected chi connectivity index (χ0v) is 13.7. The molecule has 118 valence electrons. The molecular weight excluding hydrogens is 314 g/mol. The molecule has 0 amide bonds. The van der Waals surface area contributed by atoms with E-state index in [4.69, 9.17) is 16.3 Å². The first kappa shape index (κ1) is 16.5. The number of nitrogens with zero attached hydrogens (tertiary/aromatic N) is 1. The molecule has 0 radical (unpaired) electrons. The number of aliphatic hydroxyl groups excluding tert-OH is 1. The van der Waals surface area contributed by atoms with Crippen LogP contribution in [0.25, 0.3) is 0 Å². The third-order valence-corrected chi connectivity index (χ3v) is 6.04. The molecule has 1 atom stereocenters. The summed E-state index contributed by atoms with van der Waals surface area (Å²) in [5.74, 6) is 0.166. The van der Waals surface area contributed by atoms with E-state index >= 15 is 0 Å². The lowest BCUT2D eigenvalue weighted by atomic mass is 10.1. The maximum absolute atomic E-state index is 12.9. The Morgan fingerprint density at radius 1 is 1.43 bits per heavy atom. The number of benzene rings is 1. The van der Waals surface area contributed by atoms with Crippen molar-refractivity contribution in [3.05, 3.63) is 22.7 Å². The van der Waals surface area contributed by atoms with Crippen molar-refractivity contribution in [2.24, 2.45) is 0 Å². The molecule has 0 aromatic heterocycles. The minimum Gasteiger partial charge on any atom is -0.495 e. The van der Waals surface area contributed by atoms with Crippen LogP contribution in [-0.4, -0.2) is 37.5 Å². The molecule has 1 unspecified atom stereocenters. The van der Waals surface area contributed by atoms with E-state index in [1.54, 1.807) is 0 Å². The van der Waals surface area contributed by atoms with Crippen molar-refractivity contribution in [3.8, 4) is 5.75 Å². The number of ether oxygens (including phenoxy) is 1. The van der Waals surface area contributed by atoms with Gasteiger partial charge in [0.1, 0.15) is 10.6 Å². The molecule has 1 aromatic rings. The Labute approximate surface area is 130 Å². The van der Waals surface area contributed by atoms with E-state index in [0.29, 0.717) is 12.1 Å². The molecule has 2 rings (SSSR count). The number of aliphatic hydroxyl groups is 1. The fourth-order valence-corrected chi connectivity index (χ4v) is 4.95. The third-order valence-electron chi connectivity index (χ3n) is 3.80. The van der Waals surface area contributed by atoms with Crippen molar-refractivity contribution in [1.82, 2.24) is 4.31 Å². The van der Waals surface area contributed by atoms with Crippen molar-refractivity contribution in [3.63, 3.8) is 0 Å². The van der Waals surface area contributed by atoms with Gasteiger partial charge in [0.2, 0.25) is 10.0 Å². The second-order valence-electron chi connectivity index (χ2n) is 5.21. The van der Waals surface area contributed by atoms with E-state index < -0.39 is 10.0 Å². The predicted octanol–water partition coefficient (Wildman–Crippen LogP) is 2.40. The lowest BCUT2D eigenvalue weighted by molar-refractivity contribution is 0.264. The second-order valence-corrected chi connectivity index (χ2v) is 7.51. The molecular formula is C14H20ClNO4S. The fourth-order valence-electron chi connectivity index (χ4n) is 2.72. The molecule has 0 aliphatic carbocycles. The average molecular weight is 334 g/mol. The number of methoxy groups -OCH3 is 1. The predicted molar refractivity (Wildman–Crippen MR) is 81.1 cm³/mol. The van der Waals surface area contributed by atoms with Crippen LogP contribution in [0.1, 0.15) is 31.7 Å². The number of rotatable bonds is 4. The molecule has 1 aliphatic heterocycles. The minimum absolute atomic E-state index is 0.0234. The molecule has 1 heterocycles. The molecule has 0 bridgehead atoms. The molecule has 0 saturated carbocycles. The highest BCUT2D eigenvalue weighted by molar-refractivity contribution is 7.89. The first-order valence-corrected chi connectivity index (χ1v) is 8.72. The Morgan fingerprint density at radius 2 is 2.14 bits per heavy atom. The Kier molecular flexibility index (Phi) is 5.14. The summed E-state index contributed by atoms with van der Waals surface area (Å²) in [7, 11) is -2.31. The first-order valence-electron chi connectivity index (χ1n) is 6.91. The molecule has 1 aliphatic rings. The van der Waals surface area contributed by atoms with Gasteiger partial charge in [0.05, 0.1) is 13.7 Å². The van der Waals surface area contributed by atoms with Gasteiger partial charge in [-0.3, -0.25) is 0 Å². The highest BCUT2D eigenvalue weighted by Crippen LogP contribution is 2.35. The van der Waals surface area contributed by atoms with Gasteiger partial charge in [-0.05, 0) is 31.9 Å². The van der Waals surface area contributed by atoms with Gasteiger partial charge in [-0.1, -0.05) is 18.0 Å². The fraction of sp³-hybridized carbons (Fsp3) is 0.571. The van der Waals surface area contributed by atoms with E-state index in [9.17, 15) is 13.5 Å². The molecule has 1 saturated heterocycles. The quantitative estimate of drug-likeness (QED) is 0.918. The van der Waals surface area contributed by atoms with Gasteiger partial charge in [-0.2, -0.15) is 4.31 Å². The molecule has 7 heteroatoms. The second kappa shape index (κ2) is 6.52. The van der Waals surface area contributed by atoms with Gasteiger partial charge in [0, 0.05) is 23.2 Å². The summed E-state index contributed by atoms with van der Waals surface area (Å²) in [5, 5.41) is 9.65. The van der Waals surface area contributed by atoms with Gasteiger partial charge in [0.15, 0.2) is 0 Å². The van der Waals surface area contributed by atoms with Gasteiger partial charge >= 0.3 is 0 Å². The maximum atomic E-state index is 12.9. The summed E-state index contributed by atoms with van der Waals surface area (Å²) >= 11 is 5.99. The van der Waals surface area contributed by atoms with E-state index in [0.717, 1.165) is 19.3 Å². The topological polar surface area (TPSA) is 66.8 Å². The van der Waals surface area contributed by atoms with Gasteiger partial charge in [-0.25, -0.2) is 8.42 Å². The zero-order chi connectivity index (χ0) is 15.6. The normalized spacial score (nSPS) is 20.5. The van der Waals surface area contributed by atoms with E-state index in [-0.39, 0.29) is 28.3 Å². The number of sulfonamides is 1. The summed E-state index contributed by atoms with van der Waals surface area (Å²) in [5.41, 5.74) is 0.369. The number of halogens is 1. The Balaban J connectivity index is 2.56. The highest BCUT2D eigenvalue weighted by atomic mass is 35.5. The van der Waals surface area contributed by atoms with Crippen LogP contribution in [0.4, 0.5) is 0 Å². The maximum Gasteiger partial charge on any atom is 0.247 e. The SMILES string of the molecule is COc1c(CO)cc(Cl)cc1S(=O)(=O)N1CCCCC1C. The number of hydrogen-bond acceptors (Lipinski definition) is 4. The van der Waals surface area contributed by atoms with Crippen LogP contribution >= 0.6 is 11.6 Å². The zero-order valence-electron chi connectivity index (χ0n) is 12.2. The molecule has 1 N–H and O–H groups in total. The number of hydrogen-bond donors (Lipinski definition) is 1. The van der Waals surface area contributed by atoms with Crippen LogP contribution in [-0.2, 0) is 16.6 Å². The third kappa shape index (κ3) is 3.18. The van der Waals surface area contributed by atoms with Crippen LogP contribution in [0.2, 0.25) is 5.02 Å². The number of piperidine rings is 1. The van der Waals surface area contributed by atoms with Gasteiger partial charge in [-0.15, -0.1) is 0 Å². The summed E-state index contributed by atoms with van der Waals surface area (Å²) in [4.78, 5) is 0.0234. The van der Waals surface area contributed by atoms with E-state index in [1.165, 1.54) is 23.5 Å². The minimum atomic E-state index is -3.70. The van der Waals surface area contributed by atoms with Crippen molar-refractivity contribution in [1.29, 1.82) is 0 Å². The molecule has 1 aromatic carbocycles. The monoisotopic (exact) mass is 333 g/mol. The van der Waals surface area contributed by atoms with Crippen LogP contribution in [0.3, 0.4) is 0 Å². The summed E-state index contributed by atoms with van der Waals surface area (Å²) in [6.07, 6.45) is 2.72. The summed E-state index contributed by atoms with van der Waals surface area (Å²) < 4.78 is 32.5. The first-order chi connectivity index (χ1) is 9.91. The lowest BCUT2D eigenvalue weighted by Crippen LogP contribution is -2.42. The van der Waals surface area contributed by atoms with Crippen molar-refractivity contribution < 1.29 is 18.3 Å². The average Bonchev–Trinajstić information content (AvgIpc) is 2.46. The van der Waals surface area contributed by atoms with Crippen molar-refractivity contribution in [2.45, 2.75) is 43.7 Å². The molecule has 1 fully saturated rings. The van der Waals surface area contributed by atoms with Gasteiger partial charge < -0.3 is 9.84 Å². The van der Waals surface area contributed by atoms with Crippen LogP contribution in [0.5, 0.6) is 5.75 Å². The lowest BCUT2D eigenvalue weighted by Gasteiger charge is -2.32. The smallest absolute Gasteiger partial charge is 0.247 e. The summed E-state index contributed by atoms with van der Waals surface area (Å²) in [6.45, 7) is 2.07. The van der Waals surface area contributed by atoms with Crippen molar-refractivity contribution >= 4 is 21.6 Å². The van der Waals surface area contributed by atoms with Crippen LogP contribution in [0, 0.1) is 0 Å². The Bertz CT molecular complexity index is 618. The van der Waals surface area contributed by atoms with Crippen LogP contribution < -0.4 is 4.74 Å². The Hall–Kier alpha value is -0.820. The molecule has 21 heavy (non-hydrogen) atoms. The van der Waals surface area contributed by atoms with Crippen molar-refractivity contribution in [2.75, 3.05) is 13.7 Å². The van der Waals surface area contributed by atoms with Crippen LogP contribution in [0.15, 0.2) is 17.0 Å². The molecule has 5 nitrogen and oxygen atoms in total. The van der Waals surface area contributed by atoms with E-state index in [1.807, 2.05) is 6.92 Å². The highest BCUT2D eigenvalue weighted by Gasteiger charge is 2.34. The van der Waals surface area contributed by atoms with Gasteiger partial charge in [0.25, 0.3) is 0 Å². The summed E-state index contributed by atoms with van der Waals surface area (Å²) in [6, 6.07) is 2.85. The standard InChI is InChI=1S/C14H20ClNO4S/c1-10-5-3-4-6-16(10)21(18,19)13-8-12(15)7-11(9-17)14(13)20-2/h7-8,10,17H,3-6,9H2,1-2H3. The van der Waals surface area contributed by atoms with E-state index in [2.05, 4.69) is 0 Å². The molecule has 0 spiro atoms. The largest absolute Gasteiger partial charge is 0.495 e. The Morgan fingerprint density at radius 3 is 2.71 bits per heavy atom.